The second-order valence-electron chi connectivity index (χ2n) is 5.41. The minimum absolute atomic E-state index is 0.104. The first kappa shape index (κ1) is 14.9. The van der Waals surface area contributed by atoms with Crippen LogP contribution in [-0.2, 0) is 0 Å². The highest BCUT2D eigenvalue weighted by molar-refractivity contribution is 7.99. The Morgan fingerprint density at radius 3 is 2.59 bits per heavy atom. The number of ketones is 1. The summed E-state index contributed by atoms with van der Waals surface area (Å²) in [6.45, 7) is 6.06. The van der Waals surface area contributed by atoms with E-state index in [0.717, 1.165) is 27.8 Å². The molecule has 3 aromatic rings. The number of hydrogen-bond donors (Lipinski definition) is 0. The summed E-state index contributed by atoms with van der Waals surface area (Å²) in [6, 6.07) is 11.6. The number of rotatable bonds is 4. The van der Waals surface area contributed by atoms with Crippen LogP contribution in [0.4, 0.5) is 0 Å². The van der Waals surface area contributed by atoms with Crippen LogP contribution in [0.2, 0.25) is 0 Å². The van der Waals surface area contributed by atoms with Gasteiger partial charge in [0.1, 0.15) is 5.52 Å². The third-order valence-electron chi connectivity index (χ3n) is 3.74. The van der Waals surface area contributed by atoms with E-state index < -0.39 is 0 Å². The van der Waals surface area contributed by atoms with E-state index >= 15 is 0 Å². The number of carbonyl (C=O) groups is 1. The molecule has 0 saturated carbocycles. The van der Waals surface area contributed by atoms with Gasteiger partial charge in [-0.15, -0.1) is 0 Å². The summed E-state index contributed by atoms with van der Waals surface area (Å²) in [5.74, 6) is 0.434. The first-order valence-corrected chi connectivity index (χ1v) is 8.12. The molecule has 22 heavy (non-hydrogen) atoms. The number of aromatic nitrogens is 1. The van der Waals surface area contributed by atoms with Crippen molar-refractivity contribution in [3.05, 3.63) is 58.7 Å². The molecule has 0 fully saturated rings. The van der Waals surface area contributed by atoms with Crippen molar-refractivity contribution in [3.8, 4) is 0 Å². The molecule has 112 valence electrons. The van der Waals surface area contributed by atoms with Gasteiger partial charge >= 0.3 is 0 Å². The largest absolute Gasteiger partial charge is 0.431 e. The van der Waals surface area contributed by atoms with Gasteiger partial charge in [0, 0.05) is 5.56 Å². The van der Waals surface area contributed by atoms with Gasteiger partial charge in [-0.25, -0.2) is 4.98 Å². The van der Waals surface area contributed by atoms with Gasteiger partial charge < -0.3 is 4.42 Å². The van der Waals surface area contributed by atoms with Crippen molar-refractivity contribution < 1.29 is 9.21 Å². The Hall–Kier alpha value is -2.07. The molecule has 0 amide bonds. The SMILES string of the molecule is Cc1cc(C)c(C(=O)CSc2nc3ccccc3o2)cc1C. The van der Waals surface area contributed by atoms with Crippen LogP contribution < -0.4 is 0 Å². The summed E-state index contributed by atoms with van der Waals surface area (Å²) < 4.78 is 5.63. The van der Waals surface area contributed by atoms with Crippen molar-refractivity contribution in [1.29, 1.82) is 0 Å². The Balaban J connectivity index is 1.76. The molecule has 0 saturated heterocycles. The smallest absolute Gasteiger partial charge is 0.257 e. The molecule has 0 atom stereocenters. The minimum atomic E-state index is 0.104. The van der Waals surface area contributed by atoms with Crippen molar-refractivity contribution in [1.82, 2.24) is 4.98 Å². The summed E-state index contributed by atoms with van der Waals surface area (Å²) in [4.78, 5) is 16.8. The maximum absolute atomic E-state index is 12.4. The molecule has 0 bridgehead atoms. The van der Waals surface area contributed by atoms with E-state index in [0.29, 0.717) is 11.0 Å². The average molecular weight is 311 g/mol. The molecule has 0 aliphatic carbocycles. The number of aryl methyl sites for hydroxylation is 3. The molecule has 0 radical (unpaired) electrons. The van der Waals surface area contributed by atoms with Crippen LogP contribution in [0.5, 0.6) is 0 Å². The Bertz CT molecular complexity index is 818. The normalized spacial score (nSPS) is 11.0. The van der Waals surface area contributed by atoms with E-state index in [2.05, 4.69) is 18.0 Å². The van der Waals surface area contributed by atoms with Gasteiger partial charge in [-0.3, -0.25) is 4.79 Å². The van der Waals surface area contributed by atoms with Crippen molar-refractivity contribution in [3.63, 3.8) is 0 Å². The van der Waals surface area contributed by atoms with E-state index in [1.54, 1.807) is 0 Å². The van der Waals surface area contributed by atoms with Gasteiger partial charge in [-0.05, 0) is 55.7 Å². The number of carbonyl (C=O) groups excluding carboxylic acids is 1. The fraction of sp³-hybridized carbons (Fsp3) is 0.222. The van der Waals surface area contributed by atoms with Crippen molar-refractivity contribution in [2.75, 3.05) is 5.75 Å². The molecule has 0 unspecified atom stereocenters. The fourth-order valence-electron chi connectivity index (χ4n) is 2.38. The fourth-order valence-corrected chi connectivity index (χ4v) is 3.10. The molecule has 3 nitrogen and oxygen atoms in total. The van der Waals surface area contributed by atoms with Gasteiger partial charge in [0.15, 0.2) is 11.4 Å². The minimum Gasteiger partial charge on any atom is -0.431 e. The molecular formula is C18H17NO2S. The predicted octanol–water partition coefficient (Wildman–Crippen LogP) is 4.73. The van der Waals surface area contributed by atoms with E-state index in [9.17, 15) is 4.79 Å². The van der Waals surface area contributed by atoms with Gasteiger partial charge in [0.25, 0.3) is 5.22 Å². The van der Waals surface area contributed by atoms with Crippen LogP contribution in [0.25, 0.3) is 11.1 Å². The highest BCUT2D eigenvalue weighted by Crippen LogP contribution is 2.25. The molecule has 0 spiro atoms. The van der Waals surface area contributed by atoms with Crippen LogP contribution in [0, 0.1) is 20.8 Å². The zero-order valence-corrected chi connectivity index (χ0v) is 13.7. The molecule has 1 heterocycles. The molecular weight excluding hydrogens is 294 g/mol. The van der Waals surface area contributed by atoms with Crippen LogP contribution in [0.3, 0.4) is 0 Å². The zero-order chi connectivity index (χ0) is 15.7. The first-order valence-electron chi connectivity index (χ1n) is 7.14. The average Bonchev–Trinajstić information content (AvgIpc) is 2.91. The number of fused-ring (bicyclic) bond motifs is 1. The molecule has 4 heteroatoms. The first-order chi connectivity index (χ1) is 10.5. The lowest BCUT2D eigenvalue weighted by molar-refractivity contribution is 0.102. The zero-order valence-electron chi connectivity index (χ0n) is 12.8. The summed E-state index contributed by atoms with van der Waals surface area (Å²) in [5.41, 5.74) is 5.72. The number of nitrogens with zero attached hydrogens (tertiary/aromatic N) is 1. The number of benzene rings is 2. The second-order valence-corrected chi connectivity index (χ2v) is 6.34. The summed E-state index contributed by atoms with van der Waals surface area (Å²) in [7, 11) is 0. The lowest BCUT2D eigenvalue weighted by Crippen LogP contribution is -2.06. The van der Waals surface area contributed by atoms with Gasteiger partial charge in [-0.1, -0.05) is 30.0 Å². The van der Waals surface area contributed by atoms with Crippen LogP contribution in [0.15, 0.2) is 46.0 Å². The quantitative estimate of drug-likeness (QED) is 0.516. The lowest BCUT2D eigenvalue weighted by Gasteiger charge is -2.08. The van der Waals surface area contributed by atoms with Crippen LogP contribution in [0.1, 0.15) is 27.0 Å². The Morgan fingerprint density at radius 2 is 1.82 bits per heavy atom. The van der Waals surface area contributed by atoms with Gasteiger partial charge in [0.2, 0.25) is 0 Å². The molecule has 0 aliphatic rings. The maximum atomic E-state index is 12.4. The molecule has 0 aliphatic heterocycles. The van der Waals surface area contributed by atoms with Crippen molar-refractivity contribution >= 4 is 28.6 Å². The lowest BCUT2D eigenvalue weighted by atomic mass is 9.99. The van der Waals surface area contributed by atoms with E-state index in [1.807, 2.05) is 44.2 Å². The molecule has 3 rings (SSSR count). The summed E-state index contributed by atoms with van der Waals surface area (Å²) in [6.07, 6.45) is 0. The third-order valence-corrected chi connectivity index (χ3v) is 4.57. The summed E-state index contributed by atoms with van der Waals surface area (Å²) in [5, 5.41) is 0.538. The summed E-state index contributed by atoms with van der Waals surface area (Å²) >= 11 is 1.34. The number of thioether (sulfide) groups is 1. The highest BCUT2D eigenvalue weighted by Gasteiger charge is 2.13. The Kier molecular flexibility index (Phi) is 4.03. The highest BCUT2D eigenvalue weighted by atomic mass is 32.2. The van der Waals surface area contributed by atoms with Gasteiger partial charge in [-0.2, -0.15) is 0 Å². The number of hydrogen-bond acceptors (Lipinski definition) is 4. The van der Waals surface area contributed by atoms with Crippen molar-refractivity contribution in [2.45, 2.75) is 26.0 Å². The number of oxazole rings is 1. The third kappa shape index (κ3) is 2.92. The monoisotopic (exact) mass is 311 g/mol. The maximum Gasteiger partial charge on any atom is 0.257 e. The standard InChI is InChI=1S/C18H17NO2S/c1-11-8-13(3)14(9-12(11)2)16(20)10-22-18-19-15-6-4-5-7-17(15)21-18/h4-9H,10H2,1-3H3. The number of Topliss-reactive ketones (excluding diaryl/α,β-unsaturated/α-hetero) is 1. The topological polar surface area (TPSA) is 43.1 Å². The molecule has 1 aromatic heterocycles. The van der Waals surface area contributed by atoms with Crippen LogP contribution >= 0.6 is 11.8 Å². The number of para-hydroxylation sites is 2. The van der Waals surface area contributed by atoms with Crippen molar-refractivity contribution in [2.24, 2.45) is 0 Å². The Labute approximate surface area is 133 Å². The Morgan fingerprint density at radius 1 is 1.09 bits per heavy atom. The van der Waals surface area contributed by atoms with Crippen LogP contribution in [-0.4, -0.2) is 16.5 Å². The van der Waals surface area contributed by atoms with Gasteiger partial charge in [0.05, 0.1) is 5.75 Å². The molecule has 2 aromatic carbocycles. The van der Waals surface area contributed by atoms with E-state index in [-0.39, 0.29) is 5.78 Å². The predicted molar refractivity (Wildman–Crippen MR) is 89.7 cm³/mol. The van der Waals surface area contributed by atoms with E-state index in [4.69, 9.17) is 4.42 Å². The second kappa shape index (κ2) is 5.97. The molecule has 0 N–H and O–H groups in total. The van der Waals surface area contributed by atoms with E-state index in [1.165, 1.54) is 17.3 Å².